The van der Waals surface area contributed by atoms with Gasteiger partial charge in [-0.1, -0.05) is 32.9 Å². The van der Waals surface area contributed by atoms with Crippen LogP contribution in [0.2, 0.25) is 0 Å². The number of epoxide rings is 1. The molecule has 3 N–H and O–H groups in total. The van der Waals surface area contributed by atoms with Crippen LogP contribution in [0.3, 0.4) is 0 Å². The molecule has 18 atom stereocenters. The lowest BCUT2D eigenvalue weighted by molar-refractivity contribution is -0.344. The van der Waals surface area contributed by atoms with Crippen molar-refractivity contribution < 1.29 is 77.1 Å². The highest BCUT2D eigenvalue weighted by molar-refractivity contribution is 5.72. The maximum atomic E-state index is 13.4. The van der Waals surface area contributed by atoms with Crippen LogP contribution >= 0.6 is 0 Å². The second kappa shape index (κ2) is 22.0. The summed E-state index contributed by atoms with van der Waals surface area (Å²) in [6.07, 6.45) is -7.41. The first-order valence-corrected chi connectivity index (χ1v) is 21.1. The van der Waals surface area contributed by atoms with Crippen molar-refractivity contribution in [3.8, 4) is 0 Å². The fraction of sp³-hybridized carbons (Fsp3) is 0.857. The number of carbonyl (C=O) groups excluding carboxylic acids is 4. The average Bonchev–Trinajstić information content (AvgIpc) is 3.89. The molecule has 0 aliphatic carbocycles. The second-order valence-electron chi connectivity index (χ2n) is 17.1. The lowest BCUT2D eigenvalue weighted by Crippen LogP contribution is -2.66. The number of esters is 3. The van der Waals surface area contributed by atoms with Crippen LogP contribution in [0.5, 0.6) is 0 Å². The summed E-state index contributed by atoms with van der Waals surface area (Å²) in [7, 11) is 4.87. The summed E-state index contributed by atoms with van der Waals surface area (Å²) in [5.74, 6) is -2.82. The van der Waals surface area contributed by atoms with E-state index in [0.29, 0.717) is 12.8 Å². The van der Waals surface area contributed by atoms with Crippen LogP contribution in [0.4, 0.5) is 0 Å². The van der Waals surface area contributed by atoms with Gasteiger partial charge in [0.15, 0.2) is 18.7 Å². The van der Waals surface area contributed by atoms with E-state index in [0.717, 1.165) is 6.29 Å². The lowest BCUT2D eigenvalue weighted by atomic mass is 9.82. The zero-order chi connectivity index (χ0) is 43.8. The van der Waals surface area contributed by atoms with Crippen LogP contribution in [0.25, 0.3) is 0 Å². The van der Waals surface area contributed by atoms with Crippen LogP contribution in [0, 0.1) is 11.8 Å². The van der Waals surface area contributed by atoms with Gasteiger partial charge in [0.1, 0.15) is 48.5 Å². The van der Waals surface area contributed by atoms with E-state index >= 15 is 0 Å². The molecule has 4 heterocycles. The van der Waals surface area contributed by atoms with Crippen LogP contribution in [0.1, 0.15) is 99.8 Å². The SMILES string of the molecule is CCCC(=O)OC1C(C)OC(OC2C(C)OC(OC3C(CC=O)CC(C)C(O)/C=C/C4OC4CC(C)OC(=O)CC(OC(=O)CC)C3OC)C(O)C2N(C)C)CC1(C)O. The number of aliphatic hydroxyl groups excluding tert-OH is 2. The van der Waals surface area contributed by atoms with Gasteiger partial charge in [0, 0.05) is 39.2 Å². The Bertz CT molecular complexity index is 1410. The van der Waals surface area contributed by atoms with Crippen molar-refractivity contribution in [2.24, 2.45) is 11.8 Å². The van der Waals surface area contributed by atoms with Crippen LogP contribution in [-0.2, 0) is 61.8 Å². The largest absolute Gasteiger partial charge is 0.462 e. The Kier molecular flexibility index (Phi) is 18.3. The topological polar surface area (TPSA) is 219 Å². The van der Waals surface area contributed by atoms with Gasteiger partial charge in [0.05, 0.1) is 43.0 Å². The van der Waals surface area contributed by atoms with Gasteiger partial charge in [0.2, 0.25) is 0 Å². The molecule has 4 rings (SSSR count). The molecule has 0 bridgehead atoms. The van der Waals surface area contributed by atoms with E-state index in [-0.39, 0.29) is 44.3 Å². The Balaban J connectivity index is 1.66. The summed E-state index contributed by atoms with van der Waals surface area (Å²) < 4.78 is 54.6. The molecule has 4 aliphatic rings. The molecule has 338 valence electrons. The molecule has 0 radical (unpaired) electrons. The third-order valence-electron chi connectivity index (χ3n) is 11.7. The van der Waals surface area contributed by atoms with Crippen LogP contribution < -0.4 is 0 Å². The van der Waals surface area contributed by atoms with Crippen LogP contribution in [-0.4, -0.2) is 163 Å². The molecule has 17 nitrogen and oxygen atoms in total. The van der Waals surface area contributed by atoms with E-state index in [4.69, 9.17) is 42.6 Å². The number of rotatable bonds is 13. The standard InChI is InChI=1S/C42H69NO16/c1-11-13-32(47)57-40-25(6)53-34(21-42(40,7)50)58-37-24(5)54-41(36(49)35(37)43(8)9)59-38-26(16-17-44)18-22(3)27(45)14-15-28-29(55-28)19-23(4)52-33(48)20-30(39(38)51-10)56-31(46)12-2/h14-15,17,22-30,34-41,45,49-50H,11-13,16,18-21H2,1-10H3/b15-14+. The van der Waals surface area contributed by atoms with Gasteiger partial charge < -0.3 is 67.6 Å². The summed E-state index contributed by atoms with van der Waals surface area (Å²) >= 11 is 0. The Morgan fingerprint density at radius 2 is 1.66 bits per heavy atom. The number of fused-ring (bicyclic) bond motifs is 1. The highest BCUT2D eigenvalue weighted by atomic mass is 16.7. The van der Waals surface area contributed by atoms with E-state index in [1.165, 1.54) is 7.11 Å². The zero-order valence-corrected chi connectivity index (χ0v) is 36.3. The molecule has 0 aromatic carbocycles. The smallest absolute Gasteiger partial charge is 0.309 e. The molecule has 0 amide bonds. The lowest BCUT2D eigenvalue weighted by Gasteiger charge is -2.50. The number of hydrogen-bond acceptors (Lipinski definition) is 17. The van der Waals surface area contributed by atoms with Gasteiger partial charge in [-0.2, -0.15) is 0 Å². The molecule has 0 aromatic rings. The highest BCUT2D eigenvalue weighted by Gasteiger charge is 2.53. The van der Waals surface area contributed by atoms with Crippen molar-refractivity contribution >= 4 is 24.2 Å². The minimum atomic E-state index is -1.49. The fourth-order valence-corrected chi connectivity index (χ4v) is 8.54. The molecule has 18 unspecified atom stereocenters. The predicted octanol–water partition coefficient (Wildman–Crippen LogP) is 2.37. The summed E-state index contributed by atoms with van der Waals surface area (Å²) in [5, 5.41) is 34.7. The number of likely N-dealkylation sites (N-methyl/N-ethyl adjacent to an activating group) is 1. The monoisotopic (exact) mass is 843 g/mol. The first-order chi connectivity index (χ1) is 27.8. The van der Waals surface area contributed by atoms with Crippen molar-refractivity contribution in [3.63, 3.8) is 0 Å². The summed E-state index contributed by atoms with van der Waals surface area (Å²) in [5.41, 5.74) is -1.49. The van der Waals surface area contributed by atoms with E-state index in [1.807, 2.05) is 13.8 Å². The predicted molar refractivity (Wildman–Crippen MR) is 209 cm³/mol. The quantitative estimate of drug-likeness (QED) is 0.0797. The number of aliphatic hydroxyl groups is 3. The summed E-state index contributed by atoms with van der Waals surface area (Å²) in [6.45, 7) is 12.0. The highest BCUT2D eigenvalue weighted by Crippen LogP contribution is 2.38. The number of aldehydes is 1. The number of hydrogen-bond donors (Lipinski definition) is 3. The number of ether oxygens (including phenoxy) is 9. The summed E-state index contributed by atoms with van der Waals surface area (Å²) in [6, 6.07) is -0.783. The van der Waals surface area contributed by atoms with E-state index < -0.39 is 121 Å². The molecule has 17 heteroatoms. The minimum absolute atomic E-state index is 0.00487. The number of cyclic esters (lactones) is 1. The van der Waals surface area contributed by atoms with Gasteiger partial charge in [-0.05, 0) is 66.5 Å². The molecular formula is C42H69NO16. The molecule has 3 fully saturated rings. The van der Waals surface area contributed by atoms with Gasteiger partial charge in [0.25, 0.3) is 0 Å². The molecule has 0 spiro atoms. The van der Waals surface area contributed by atoms with Crippen molar-refractivity contribution in [2.45, 2.75) is 197 Å². The van der Waals surface area contributed by atoms with E-state index in [9.17, 15) is 34.5 Å². The van der Waals surface area contributed by atoms with Gasteiger partial charge in [-0.15, -0.1) is 0 Å². The minimum Gasteiger partial charge on any atom is -0.462 e. The fourth-order valence-electron chi connectivity index (χ4n) is 8.54. The molecule has 4 aliphatic heterocycles. The van der Waals surface area contributed by atoms with Crippen molar-refractivity contribution in [1.82, 2.24) is 4.90 Å². The molecule has 0 aromatic heterocycles. The molecule has 0 saturated carbocycles. The normalized spacial score (nSPS) is 42.9. The molecule has 59 heavy (non-hydrogen) atoms. The second-order valence-corrected chi connectivity index (χ2v) is 17.1. The van der Waals surface area contributed by atoms with Gasteiger partial charge >= 0.3 is 17.9 Å². The third-order valence-corrected chi connectivity index (χ3v) is 11.7. The van der Waals surface area contributed by atoms with Crippen molar-refractivity contribution in [3.05, 3.63) is 12.2 Å². The van der Waals surface area contributed by atoms with Gasteiger partial charge in [-0.25, -0.2) is 0 Å². The Hall–Kier alpha value is -2.58. The molecule has 3 saturated heterocycles. The summed E-state index contributed by atoms with van der Waals surface area (Å²) in [4.78, 5) is 52.7. The Morgan fingerprint density at radius 3 is 2.27 bits per heavy atom. The van der Waals surface area contributed by atoms with Crippen LogP contribution in [0.15, 0.2) is 12.2 Å². The van der Waals surface area contributed by atoms with E-state index in [2.05, 4.69) is 0 Å². The molecular weight excluding hydrogens is 774 g/mol. The Labute approximate surface area is 348 Å². The number of nitrogens with zero attached hydrogens (tertiary/aromatic N) is 1. The number of methoxy groups -OCH3 is 1. The Morgan fingerprint density at radius 1 is 0.949 bits per heavy atom. The van der Waals surface area contributed by atoms with Gasteiger partial charge in [-0.3, -0.25) is 14.4 Å². The van der Waals surface area contributed by atoms with Crippen molar-refractivity contribution in [1.29, 1.82) is 0 Å². The zero-order valence-electron chi connectivity index (χ0n) is 36.3. The first-order valence-electron chi connectivity index (χ1n) is 21.1. The first kappa shape index (κ1) is 49.1. The average molecular weight is 844 g/mol. The maximum absolute atomic E-state index is 13.4. The number of carbonyl (C=O) groups is 4. The maximum Gasteiger partial charge on any atom is 0.309 e. The third kappa shape index (κ3) is 13.2. The van der Waals surface area contributed by atoms with Crippen molar-refractivity contribution in [2.75, 3.05) is 21.2 Å². The van der Waals surface area contributed by atoms with E-state index in [1.54, 1.807) is 65.8 Å².